The van der Waals surface area contributed by atoms with Gasteiger partial charge in [0.05, 0.1) is 13.0 Å². The number of hydrogen-bond donors (Lipinski definition) is 0. The van der Waals surface area contributed by atoms with E-state index in [4.69, 9.17) is 4.74 Å². The molecule has 0 spiro atoms. The first kappa shape index (κ1) is 17.1. The van der Waals surface area contributed by atoms with Gasteiger partial charge in [-0.25, -0.2) is 0 Å². The number of piperazine rings is 1. The third-order valence-electron chi connectivity index (χ3n) is 4.98. The maximum absolute atomic E-state index is 12.8. The summed E-state index contributed by atoms with van der Waals surface area (Å²) in [6.45, 7) is 3.13. The van der Waals surface area contributed by atoms with Gasteiger partial charge in [0.2, 0.25) is 5.91 Å². The molecule has 136 valence electrons. The van der Waals surface area contributed by atoms with Crippen molar-refractivity contribution in [2.75, 3.05) is 32.8 Å². The highest BCUT2D eigenvalue weighted by Crippen LogP contribution is 2.26. The zero-order valence-electron chi connectivity index (χ0n) is 14.6. The molecule has 26 heavy (non-hydrogen) atoms. The number of rotatable bonds is 3. The molecule has 0 N–H and O–H groups in total. The second-order valence-electron chi connectivity index (χ2n) is 6.70. The molecule has 4 rings (SSSR count). The Kier molecular flexibility index (Phi) is 4.93. The molecule has 2 amide bonds. The molecule has 2 aromatic rings. The van der Waals surface area contributed by atoms with E-state index in [1.165, 1.54) is 0 Å². The molecule has 5 nitrogen and oxygen atoms in total. The molecule has 2 aliphatic rings. The minimum absolute atomic E-state index is 0.0451. The molecular formula is C20H22N2O3S. The molecular weight excluding hydrogens is 348 g/mol. The van der Waals surface area contributed by atoms with Crippen LogP contribution in [0, 0.1) is 0 Å². The third kappa shape index (κ3) is 3.60. The average molecular weight is 370 g/mol. The van der Waals surface area contributed by atoms with Crippen LogP contribution in [0.25, 0.3) is 0 Å². The first-order valence-electron chi connectivity index (χ1n) is 9.06. The Labute approximate surface area is 157 Å². The van der Waals surface area contributed by atoms with Crippen molar-refractivity contribution in [2.45, 2.75) is 19.3 Å². The summed E-state index contributed by atoms with van der Waals surface area (Å²) in [6, 6.07) is 9.67. The molecule has 1 aromatic heterocycles. The van der Waals surface area contributed by atoms with Gasteiger partial charge in [-0.05, 0) is 48.1 Å². The van der Waals surface area contributed by atoms with Crippen molar-refractivity contribution in [1.82, 2.24) is 9.80 Å². The SMILES string of the molecule is O=C(Cc1cccs1)N1CCN(C(=O)c2ccc3c(c2)CCCO3)CC1. The van der Waals surface area contributed by atoms with Gasteiger partial charge in [0.15, 0.2) is 0 Å². The summed E-state index contributed by atoms with van der Waals surface area (Å²) in [5, 5.41) is 1.99. The maximum Gasteiger partial charge on any atom is 0.253 e. The first-order valence-corrected chi connectivity index (χ1v) is 9.94. The van der Waals surface area contributed by atoms with Gasteiger partial charge in [-0.3, -0.25) is 9.59 Å². The van der Waals surface area contributed by atoms with E-state index >= 15 is 0 Å². The van der Waals surface area contributed by atoms with Crippen molar-refractivity contribution in [1.29, 1.82) is 0 Å². The highest BCUT2D eigenvalue weighted by Gasteiger charge is 2.25. The lowest BCUT2D eigenvalue weighted by atomic mass is 10.0. The van der Waals surface area contributed by atoms with Crippen LogP contribution in [-0.2, 0) is 17.6 Å². The van der Waals surface area contributed by atoms with Crippen LogP contribution in [0.3, 0.4) is 0 Å². The van der Waals surface area contributed by atoms with E-state index < -0.39 is 0 Å². The number of benzene rings is 1. The van der Waals surface area contributed by atoms with Crippen LogP contribution >= 0.6 is 11.3 Å². The van der Waals surface area contributed by atoms with Crippen molar-refractivity contribution in [2.24, 2.45) is 0 Å². The molecule has 3 heterocycles. The number of thiophene rings is 1. The molecule has 0 aliphatic carbocycles. The Morgan fingerprint density at radius 1 is 1.08 bits per heavy atom. The minimum atomic E-state index is 0.0451. The lowest BCUT2D eigenvalue weighted by Crippen LogP contribution is -2.51. The largest absolute Gasteiger partial charge is 0.493 e. The molecule has 6 heteroatoms. The Hall–Kier alpha value is -2.34. The van der Waals surface area contributed by atoms with Crippen molar-refractivity contribution in [3.05, 3.63) is 51.7 Å². The fourth-order valence-corrected chi connectivity index (χ4v) is 4.20. The van der Waals surface area contributed by atoms with Gasteiger partial charge in [0, 0.05) is 36.6 Å². The van der Waals surface area contributed by atoms with Gasteiger partial charge in [0.25, 0.3) is 5.91 Å². The zero-order chi connectivity index (χ0) is 17.9. The van der Waals surface area contributed by atoms with Crippen molar-refractivity contribution < 1.29 is 14.3 Å². The molecule has 0 atom stereocenters. The van der Waals surface area contributed by atoms with Crippen LogP contribution in [0.2, 0.25) is 0 Å². The van der Waals surface area contributed by atoms with E-state index in [1.807, 2.05) is 45.5 Å². The van der Waals surface area contributed by atoms with Gasteiger partial charge in [0.1, 0.15) is 5.75 Å². The van der Waals surface area contributed by atoms with Gasteiger partial charge < -0.3 is 14.5 Å². The molecule has 2 aliphatic heterocycles. The predicted molar refractivity (Wildman–Crippen MR) is 101 cm³/mol. The lowest BCUT2D eigenvalue weighted by molar-refractivity contribution is -0.131. The van der Waals surface area contributed by atoms with Gasteiger partial charge in [-0.1, -0.05) is 6.07 Å². The van der Waals surface area contributed by atoms with E-state index in [-0.39, 0.29) is 11.8 Å². The van der Waals surface area contributed by atoms with Crippen LogP contribution < -0.4 is 4.74 Å². The van der Waals surface area contributed by atoms with Gasteiger partial charge >= 0.3 is 0 Å². The number of ether oxygens (including phenoxy) is 1. The van der Waals surface area contributed by atoms with E-state index in [0.29, 0.717) is 38.2 Å². The molecule has 0 saturated carbocycles. The standard InChI is InChI=1S/C20H22N2O3S/c23-19(14-17-4-2-12-26-17)21-7-9-22(10-8-21)20(24)16-5-6-18-15(13-16)3-1-11-25-18/h2,4-6,12-13H,1,3,7-11,14H2. The summed E-state index contributed by atoms with van der Waals surface area (Å²) in [4.78, 5) is 30.0. The Morgan fingerprint density at radius 2 is 1.88 bits per heavy atom. The van der Waals surface area contributed by atoms with Crippen molar-refractivity contribution in [3.8, 4) is 5.75 Å². The van der Waals surface area contributed by atoms with Gasteiger partial charge in [-0.2, -0.15) is 0 Å². The first-order chi connectivity index (χ1) is 12.7. The zero-order valence-corrected chi connectivity index (χ0v) is 15.5. The second-order valence-corrected chi connectivity index (χ2v) is 7.74. The minimum Gasteiger partial charge on any atom is -0.493 e. The molecule has 1 saturated heterocycles. The number of amides is 2. The predicted octanol–water partition coefficient (Wildman–Crippen LogP) is 2.60. The number of carbonyl (C=O) groups excluding carboxylic acids is 2. The molecule has 1 fully saturated rings. The molecule has 0 unspecified atom stereocenters. The monoisotopic (exact) mass is 370 g/mol. The summed E-state index contributed by atoms with van der Waals surface area (Å²) in [7, 11) is 0. The fraction of sp³-hybridized carbons (Fsp3) is 0.400. The van der Waals surface area contributed by atoms with Gasteiger partial charge in [-0.15, -0.1) is 11.3 Å². The Balaban J connectivity index is 1.35. The summed E-state index contributed by atoms with van der Waals surface area (Å²) in [6.07, 6.45) is 2.41. The summed E-state index contributed by atoms with van der Waals surface area (Å²) in [5.41, 5.74) is 1.83. The smallest absolute Gasteiger partial charge is 0.253 e. The van der Waals surface area contributed by atoms with E-state index in [1.54, 1.807) is 11.3 Å². The molecule has 0 bridgehead atoms. The summed E-state index contributed by atoms with van der Waals surface area (Å²) < 4.78 is 5.62. The van der Waals surface area contributed by atoms with E-state index in [0.717, 1.165) is 35.6 Å². The number of carbonyl (C=O) groups is 2. The van der Waals surface area contributed by atoms with E-state index in [9.17, 15) is 9.59 Å². The fourth-order valence-electron chi connectivity index (χ4n) is 3.51. The number of aryl methyl sites for hydroxylation is 1. The summed E-state index contributed by atoms with van der Waals surface area (Å²) >= 11 is 1.61. The molecule has 1 aromatic carbocycles. The van der Waals surface area contributed by atoms with Crippen LogP contribution in [-0.4, -0.2) is 54.4 Å². The normalized spacial score (nSPS) is 16.8. The average Bonchev–Trinajstić information content (AvgIpc) is 3.20. The highest BCUT2D eigenvalue weighted by atomic mass is 32.1. The van der Waals surface area contributed by atoms with Crippen molar-refractivity contribution in [3.63, 3.8) is 0 Å². The Bertz CT molecular complexity index is 795. The van der Waals surface area contributed by atoms with E-state index in [2.05, 4.69) is 0 Å². The lowest BCUT2D eigenvalue weighted by Gasteiger charge is -2.35. The van der Waals surface area contributed by atoms with Crippen LogP contribution in [0.4, 0.5) is 0 Å². The topological polar surface area (TPSA) is 49.9 Å². The van der Waals surface area contributed by atoms with Crippen LogP contribution in [0.1, 0.15) is 27.2 Å². The Morgan fingerprint density at radius 3 is 2.65 bits per heavy atom. The number of fused-ring (bicyclic) bond motifs is 1. The van der Waals surface area contributed by atoms with Crippen LogP contribution in [0.15, 0.2) is 35.7 Å². The van der Waals surface area contributed by atoms with Crippen molar-refractivity contribution >= 4 is 23.2 Å². The summed E-state index contributed by atoms with van der Waals surface area (Å²) in [5.74, 6) is 1.09. The highest BCUT2D eigenvalue weighted by molar-refractivity contribution is 7.10. The number of nitrogens with zero attached hydrogens (tertiary/aromatic N) is 2. The number of hydrogen-bond acceptors (Lipinski definition) is 4. The molecule has 0 radical (unpaired) electrons. The second kappa shape index (κ2) is 7.50. The van der Waals surface area contributed by atoms with Crippen LogP contribution in [0.5, 0.6) is 5.75 Å². The third-order valence-corrected chi connectivity index (χ3v) is 5.86. The quantitative estimate of drug-likeness (QED) is 0.834. The maximum atomic E-state index is 12.8.